The van der Waals surface area contributed by atoms with Crippen LogP contribution in [-0.4, -0.2) is 58.2 Å². The highest BCUT2D eigenvalue weighted by Gasteiger charge is 2.71. The second-order valence-corrected chi connectivity index (χ2v) is 11.5. The summed E-state index contributed by atoms with van der Waals surface area (Å²) in [5.41, 5.74) is -2.62. The summed E-state index contributed by atoms with van der Waals surface area (Å²) in [6.07, 6.45) is 7.07. The van der Waals surface area contributed by atoms with E-state index in [1.165, 1.54) is 0 Å². The van der Waals surface area contributed by atoms with E-state index in [9.17, 15) is 24.6 Å². The number of aliphatic hydroxyl groups is 2. The number of carbonyl (C=O) groups excluding carboxylic acids is 3. The lowest BCUT2D eigenvalue weighted by atomic mass is 9.41. The molecule has 4 fully saturated rings. The Balaban J connectivity index is 1.44. The SMILES string of the molecule is C[C@]12CC[C@@H]3[C@H](CC[C@]4(O)C[C@H](OC(=O)CCl)CC[C@]34C=O)[C@@]1(O)CC[C@H]2C1=CC(=O)OC1. The number of halogens is 1. The van der Waals surface area contributed by atoms with Gasteiger partial charge in [0.15, 0.2) is 0 Å². The number of ether oxygens (including phenoxy) is 2. The molecular formula is C25H33ClO7. The van der Waals surface area contributed by atoms with Crippen LogP contribution in [0.25, 0.3) is 0 Å². The molecule has 0 amide bonds. The number of carbonyl (C=O) groups is 3. The maximum Gasteiger partial charge on any atom is 0.331 e. The smallest absolute Gasteiger partial charge is 0.331 e. The van der Waals surface area contributed by atoms with Gasteiger partial charge in [-0.25, -0.2) is 4.79 Å². The molecule has 8 atom stereocenters. The number of fused-ring (bicyclic) bond motifs is 5. The fraction of sp³-hybridized carbons (Fsp3) is 0.800. The van der Waals surface area contributed by atoms with Crippen molar-refractivity contribution in [3.05, 3.63) is 11.6 Å². The number of esters is 2. The molecule has 0 aromatic heterocycles. The number of hydrogen-bond acceptors (Lipinski definition) is 7. The van der Waals surface area contributed by atoms with Crippen molar-refractivity contribution in [2.75, 3.05) is 12.5 Å². The van der Waals surface area contributed by atoms with Crippen molar-refractivity contribution >= 4 is 29.8 Å². The minimum atomic E-state index is -1.26. The van der Waals surface area contributed by atoms with Crippen LogP contribution >= 0.6 is 11.6 Å². The molecule has 4 aliphatic carbocycles. The molecule has 0 unspecified atom stereocenters. The lowest BCUT2D eigenvalue weighted by Gasteiger charge is -2.65. The van der Waals surface area contributed by atoms with Gasteiger partial charge in [0, 0.05) is 17.9 Å². The summed E-state index contributed by atoms with van der Waals surface area (Å²) in [6.45, 7) is 2.42. The molecule has 7 nitrogen and oxygen atoms in total. The number of alkyl halides is 1. The summed E-state index contributed by atoms with van der Waals surface area (Å²) in [5.74, 6) is -1.22. The molecule has 0 aromatic carbocycles. The molecule has 8 heteroatoms. The Morgan fingerprint density at radius 2 is 1.94 bits per heavy atom. The molecule has 0 bridgehead atoms. The molecule has 1 aliphatic heterocycles. The number of cyclic esters (lactones) is 1. The molecular weight excluding hydrogens is 448 g/mol. The minimum absolute atomic E-state index is 0.0774. The summed E-state index contributed by atoms with van der Waals surface area (Å²) in [4.78, 5) is 36.1. The summed E-state index contributed by atoms with van der Waals surface area (Å²) >= 11 is 5.58. The van der Waals surface area contributed by atoms with Crippen molar-refractivity contribution in [3.63, 3.8) is 0 Å². The first-order chi connectivity index (χ1) is 15.6. The van der Waals surface area contributed by atoms with Crippen molar-refractivity contribution < 1.29 is 34.1 Å². The molecule has 5 rings (SSSR count). The Hall–Kier alpha value is -1.44. The predicted octanol–water partition coefficient (Wildman–Crippen LogP) is 2.69. The second-order valence-electron chi connectivity index (χ2n) is 11.2. The third-order valence-electron chi connectivity index (χ3n) is 10.2. The van der Waals surface area contributed by atoms with Gasteiger partial charge in [-0.1, -0.05) is 6.92 Å². The van der Waals surface area contributed by atoms with Gasteiger partial charge in [-0.05, 0) is 74.7 Å². The van der Waals surface area contributed by atoms with Crippen LogP contribution in [0, 0.1) is 28.6 Å². The highest BCUT2D eigenvalue weighted by molar-refractivity contribution is 6.26. The number of hydrogen-bond donors (Lipinski definition) is 2. The van der Waals surface area contributed by atoms with Crippen LogP contribution in [-0.2, 0) is 23.9 Å². The van der Waals surface area contributed by atoms with Crippen LogP contribution in [0.15, 0.2) is 11.6 Å². The first-order valence-electron chi connectivity index (χ1n) is 12.2. The van der Waals surface area contributed by atoms with Crippen molar-refractivity contribution in [3.8, 4) is 0 Å². The Bertz CT molecular complexity index is 903. The maximum absolute atomic E-state index is 12.7. The molecule has 33 heavy (non-hydrogen) atoms. The Morgan fingerprint density at radius 1 is 1.18 bits per heavy atom. The average Bonchev–Trinajstić information content (AvgIpc) is 3.33. The van der Waals surface area contributed by atoms with Crippen LogP contribution in [0.2, 0.25) is 0 Å². The first-order valence-corrected chi connectivity index (χ1v) is 12.7. The van der Waals surface area contributed by atoms with Crippen molar-refractivity contribution in [1.82, 2.24) is 0 Å². The topological polar surface area (TPSA) is 110 Å². The quantitative estimate of drug-likeness (QED) is 0.361. The zero-order valence-corrected chi connectivity index (χ0v) is 19.8. The first kappa shape index (κ1) is 23.3. The van der Waals surface area contributed by atoms with Crippen molar-refractivity contribution in [2.24, 2.45) is 28.6 Å². The zero-order valence-electron chi connectivity index (χ0n) is 19.1. The fourth-order valence-corrected chi connectivity index (χ4v) is 8.70. The number of aldehydes is 1. The third kappa shape index (κ3) is 3.11. The van der Waals surface area contributed by atoms with Gasteiger partial charge in [0.2, 0.25) is 0 Å². The van der Waals surface area contributed by atoms with E-state index < -0.39 is 34.1 Å². The normalized spacial score (nSPS) is 48.7. The van der Waals surface area contributed by atoms with E-state index >= 15 is 0 Å². The van der Waals surface area contributed by atoms with Crippen LogP contribution in [0.3, 0.4) is 0 Å². The monoisotopic (exact) mass is 480 g/mol. The largest absolute Gasteiger partial charge is 0.461 e. The van der Waals surface area contributed by atoms with Gasteiger partial charge in [-0.15, -0.1) is 11.6 Å². The molecule has 4 saturated carbocycles. The fourth-order valence-electron chi connectivity index (χ4n) is 8.64. The molecule has 0 saturated heterocycles. The van der Waals surface area contributed by atoms with E-state index in [4.69, 9.17) is 21.1 Å². The lowest BCUT2D eigenvalue weighted by Crippen LogP contribution is -2.69. The van der Waals surface area contributed by atoms with Gasteiger partial charge in [0.25, 0.3) is 0 Å². The molecule has 1 heterocycles. The van der Waals surface area contributed by atoms with Crippen LogP contribution < -0.4 is 0 Å². The standard InChI is InChI=1S/C25H33ClO7/c1-22-6-3-18-19(25(22,31)9-5-17(22)15-10-20(28)32-13-15)4-8-24(30)11-16(33-21(29)12-26)2-7-23(18,24)14-27/h10,14,16-19,30-31H,2-9,11-13H2,1H3/t16-,17+,18-,19+,22-,23+,24+,25+/m1/s1. The van der Waals surface area contributed by atoms with Crippen molar-refractivity contribution in [1.29, 1.82) is 0 Å². The van der Waals surface area contributed by atoms with Gasteiger partial charge in [0.1, 0.15) is 24.9 Å². The highest BCUT2D eigenvalue weighted by atomic mass is 35.5. The zero-order chi connectivity index (χ0) is 23.6. The van der Waals surface area contributed by atoms with Gasteiger partial charge < -0.3 is 24.5 Å². The molecule has 0 aromatic rings. The van der Waals surface area contributed by atoms with E-state index in [1.54, 1.807) is 6.08 Å². The van der Waals surface area contributed by atoms with E-state index in [2.05, 4.69) is 6.92 Å². The lowest BCUT2D eigenvalue weighted by molar-refractivity contribution is -0.249. The minimum Gasteiger partial charge on any atom is -0.461 e. The predicted molar refractivity (Wildman–Crippen MR) is 118 cm³/mol. The van der Waals surface area contributed by atoms with Crippen LogP contribution in [0.4, 0.5) is 0 Å². The van der Waals surface area contributed by atoms with Gasteiger partial charge in [-0.2, -0.15) is 0 Å². The third-order valence-corrected chi connectivity index (χ3v) is 10.5. The maximum atomic E-state index is 12.7. The van der Waals surface area contributed by atoms with E-state index in [0.29, 0.717) is 38.7 Å². The summed E-state index contributed by atoms with van der Waals surface area (Å²) in [5, 5.41) is 24.0. The van der Waals surface area contributed by atoms with Gasteiger partial charge >= 0.3 is 11.9 Å². The molecule has 5 aliphatic rings. The highest BCUT2D eigenvalue weighted by Crippen LogP contribution is 2.70. The van der Waals surface area contributed by atoms with Crippen LogP contribution in [0.5, 0.6) is 0 Å². The van der Waals surface area contributed by atoms with Gasteiger partial charge in [0.05, 0.1) is 16.6 Å². The Kier molecular flexibility index (Phi) is 5.50. The molecule has 0 radical (unpaired) electrons. The molecule has 182 valence electrons. The van der Waals surface area contributed by atoms with E-state index in [0.717, 1.165) is 31.1 Å². The van der Waals surface area contributed by atoms with Gasteiger partial charge in [-0.3, -0.25) is 4.79 Å². The van der Waals surface area contributed by atoms with E-state index in [-0.39, 0.29) is 36.0 Å². The molecule has 0 spiro atoms. The number of rotatable bonds is 4. The summed E-state index contributed by atoms with van der Waals surface area (Å²) in [6, 6.07) is 0. The second kappa shape index (κ2) is 7.79. The van der Waals surface area contributed by atoms with Crippen LogP contribution in [0.1, 0.15) is 64.7 Å². The van der Waals surface area contributed by atoms with E-state index in [1.807, 2.05) is 0 Å². The Labute approximate surface area is 198 Å². The molecule has 2 N–H and O–H groups in total. The van der Waals surface area contributed by atoms with Crippen molar-refractivity contribution in [2.45, 2.75) is 82.0 Å². The Morgan fingerprint density at radius 3 is 2.61 bits per heavy atom. The summed E-state index contributed by atoms with van der Waals surface area (Å²) < 4.78 is 10.6. The average molecular weight is 481 g/mol. The summed E-state index contributed by atoms with van der Waals surface area (Å²) in [7, 11) is 0.